The molecule has 134 valence electrons. The summed E-state index contributed by atoms with van der Waals surface area (Å²) in [6, 6.07) is 19.6. The Balaban J connectivity index is 1.55. The predicted molar refractivity (Wildman–Crippen MR) is 105 cm³/mol. The van der Waals surface area contributed by atoms with E-state index in [4.69, 9.17) is 4.74 Å². The van der Waals surface area contributed by atoms with Crippen LogP contribution in [-0.2, 0) is 17.7 Å². The third kappa shape index (κ3) is 3.46. The zero-order valence-electron chi connectivity index (χ0n) is 15.6. The van der Waals surface area contributed by atoms with Crippen LogP contribution in [0.4, 0.5) is 0 Å². The van der Waals surface area contributed by atoms with Gasteiger partial charge in [-0.25, -0.2) is 0 Å². The van der Waals surface area contributed by atoms with Crippen molar-refractivity contribution >= 4 is 0 Å². The Kier molecular flexibility index (Phi) is 4.91. The van der Waals surface area contributed by atoms with Crippen LogP contribution in [0, 0.1) is 6.92 Å². The van der Waals surface area contributed by atoms with E-state index in [1.54, 1.807) is 0 Å². The molecule has 0 amide bonds. The highest BCUT2D eigenvalue weighted by Gasteiger charge is 2.27. The van der Waals surface area contributed by atoms with Crippen molar-refractivity contribution in [1.29, 1.82) is 0 Å². The first-order valence-corrected chi connectivity index (χ1v) is 9.42. The molecule has 1 saturated heterocycles. The molecule has 0 unspecified atom stereocenters. The molecule has 0 saturated carbocycles. The number of hydrogen-bond acceptors (Lipinski definition) is 2. The molecule has 0 radical (unpaired) electrons. The molecule has 3 nitrogen and oxygen atoms in total. The van der Waals surface area contributed by atoms with Crippen molar-refractivity contribution < 1.29 is 4.74 Å². The van der Waals surface area contributed by atoms with Gasteiger partial charge < -0.3 is 9.30 Å². The normalized spacial score (nSPS) is 17.7. The van der Waals surface area contributed by atoms with E-state index in [-0.39, 0.29) is 6.23 Å². The number of aromatic nitrogens is 1. The van der Waals surface area contributed by atoms with Gasteiger partial charge in [0.25, 0.3) is 0 Å². The molecule has 1 fully saturated rings. The molecule has 1 aromatic heterocycles. The van der Waals surface area contributed by atoms with Crippen LogP contribution in [0.3, 0.4) is 0 Å². The fourth-order valence-electron chi connectivity index (χ4n) is 3.67. The maximum Gasteiger partial charge on any atom is 0.138 e. The number of para-hydroxylation sites is 1. The van der Waals surface area contributed by atoms with Gasteiger partial charge in [0.05, 0.1) is 6.61 Å². The Labute approximate surface area is 155 Å². The lowest BCUT2D eigenvalue weighted by Gasteiger charge is -2.22. The van der Waals surface area contributed by atoms with Crippen molar-refractivity contribution in [2.24, 2.45) is 0 Å². The topological polar surface area (TPSA) is 17.4 Å². The van der Waals surface area contributed by atoms with Crippen molar-refractivity contribution in [3.63, 3.8) is 0 Å². The number of aryl methyl sites for hydroxylation is 2. The maximum atomic E-state index is 6.07. The van der Waals surface area contributed by atoms with Crippen LogP contribution in [0.15, 0.2) is 67.0 Å². The van der Waals surface area contributed by atoms with Crippen LogP contribution in [0.2, 0.25) is 0 Å². The maximum absolute atomic E-state index is 6.07. The van der Waals surface area contributed by atoms with Gasteiger partial charge in [-0.15, -0.1) is 0 Å². The van der Waals surface area contributed by atoms with Crippen LogP contribution >= 0.6 is 0 Å². The highest BCUT2D eigenvalue weighted by Crippen LogP contribution is 2.30. The molecule has 0 N–H and O–H groups in total. The Morgan fingerprint density at radius 2 is 1.85 bits per heavy atom. The molecule has 0 aliphatic carbocycles. The first kappa shape index (κ1) is 17.1. The van der Waals surface area contributed by atoms with Gasteiger partial charge >= 0.3 is 0 Å². The van der Waals surface area contributed by atoms with Crippen LogP contribution < -0.4 is 0 Å². The summed E-state index contributed by atoms with van der Waals surface area (Å²) >= 11 is 0. The largest absolute Gasteiger partial charge is 0.357 e. The second-order valence-corrected chi connectivity index (χ2v) is 7.01. The minimum absolute atomic E-state index is 0.0336. The number of rotatable bonds is 5. The number of nitrogens with zero attached hydrogens (tertiary/aromatic N) is 2. The van der Waals surface area contributed by atoms with Gasteiger partial charge in [0.2, 0.25) is 0 Å². The van der Waals surface area contributed by atoms with Crippen LogP contribution in [0.25, 0.3) is 5.69 Å². The van der Waals surface area contributed by atoms with E-state index < -0.39 is 0 Å². The van der Waals surface area contributed by atoms with Crippen molar-refractivity contribution in [3.8, 4) is 5.69 Å². The predicted octanol–water partition coefficient (Wildman–Crippen LogP) is 4.88. The zero-order valence-corrected chi connectivity index (χ0v) is 15.6. The average Bonchev–Trinajstić information content (AvgIpc) is 3.33. The van der Waals surface area contributed by atoms with Crippen molar-refractivity contribution in [1.82, 2.24) is 9.47 Å². The molecule has 1 aliphatic rings. The molecule has 26 heavy (non-hydrogen) atoms. The van der Waals surface area contributed by atoms with Gasteiger partial charge in [0.15, 0.2) is 0 Å². The van der Waals surface area contributed by atoms with Gasteiger partial charge in [0, 0.05) is 36.7 Å². The van der Waals surface area contributed by atoms with Crippen LogP contribution in [0.1, 0.15) is 35.4 Å². The summed E-state index contributed by atoms with van der Waals surface area (Å²) in [6.07, 6.45) is 5.43. The van der Waals surface area contributed by atoms with E-state index in [1.807, 2.05) is 0 Å². The molecule has 3 aromatic rings. The Hall–Kier alpha value is -2.36. The van der Waals surface area contributed by atoms with E-state index in [1.165, 1.54) is 27.9 Å². The number of hydrogen-bond donors (Lipinski definition) is 0. The van der Waals surface area contributed by atoms with Gasteiger partial charge in [-0.2, -0.15) is 0 Å². The van der Waals surface area contributed by atoms with Gasteiger partial charge in [-0.3, -0.25) is 4.90 Å². The lowest BCUT2D eigenvalue weighted by atomic mass is 10.1. The second-order valence-electron chi connectivity index (χ2n) is 7.01. The van der Waals surface area contributed by atoms with E-state index in [2.05, 4.69) is 90.3 Å². The van der Waals surface area contributed by atoms with Crippen LogP contribution in [0.5, 0.6) is 0 Å². The summed E-state index contributed by atoms with van der Waals surface area (Å²) < 4.78 is 8.29. The smallest absolute Gasteiger partial charge is 0.138 e. The highest BCUT2D eigenvalue weighted by molar-refractivity contribution is 5.42. The Morgan fingerprint density at radius 3 is 2.65 bits per heavy atom. The fourth-order valence-corrected chi connectivity index (χ4v) is 3.67. The Morgan fingerprint density at radius 1 is 1.04 bits per heavy atom. The molecule has 4 rings (SSSR count). The van der Waals surface area contributed by atoms with Crippen molar-refractivity contribution in [2.75, 3.05) is 13.2 Å². The van der Waals surface area contributed by atoms with E-state index in [0.717, 1.165) is 26.1 Å². The van der Waals surface area contributed by atoms with E-state index in [0.29, 0.717) is 0 Å². The first-order valence-electron chi connectivity index (χ1n) is 9.42. The quantitative estimate of drug-likeness (QED) is 0.655. The minimum atomic E-state index is 0.0336. The first-order chi connectivity index (χ1) is 12.7. The van der Waals surface area contributed by atoms with Crippen molar-refractivity contribution in [3.05, 3.63) is 89.2 Å². The summed E-state index contributed by atoms with van der Waals surface area (Å²) in [5, 5.41) is 0. The zero-order chi connectivity index (χ0) is 17.9. The number of ether oxygens (including phenoxy) is 1. The minimum Gasteiger partial charge on any atom is -0.357 e. The molecular formula is C23H26N2O. The lowest BCUT2D eigenvalue weighted by molar-refractivity contribution is 0.0288. The fraction of sp³-hybridized carbons (Fsp3) is 0.304. The Bertz CT molecular complexity index is 866. The molecule has 2 aromatic carbocycles. The molecule has 2 heterocycles. The second kappa shape index (κ2) is 7.48. The summed E-state index contributed by atoms with van der Waals surface area (Å²) in [6.45, 7) is 7.00. The average molecular weight is 346 g/mol. The highest BCUT2D eigenvalue weighted by atomic mass is 16.5. The summed E-state index contributed by atoms with van der Waals surface area (Å²) in [4.78, 5) is 2.41. The van der Waals surface area contributed by atoms with E-state index in [9.17, 15) is 0 Å². The molecule has 0 spiro atoms. The summed E-state index contributed by atoms with van der Waals surface area (Å²) in [5.41, 5.74) is 6.47. The molecule has 1 atom stereocenters. The monoisotopic (exact) mass is 346 g/mol. The third-order valence-corrected chi connectivity index (χ3v) is 5.14. The van der Waals surface area contributed by atoms with Crippen molar-refractivity contribution in [2.45, 2.75) is 33.0 Å². The molecule has 3 heteroatoms. The van der Waals surface area contributed by atoms with Gasteiger partial charge in [-0.05, 0) is 36.6 Å². The number of benzene rings is 2. The van der Waals surface area contributed by atoms with E-state index >= 15 is 0 Å². The standard InChI is InChI=1S/C23H26N2O/c1-3-20-6-4-5-7-22(20)24-13-12-21(17-24)23-25(14-15-26-23)16-19-10-8-18(2)9-11-19/h4-13,17,23H,3,14-16H2,1-2H3/t23-/m1/s1. The summed E-state index contributed by atoms with van der Waals surface area (Å²) in [7, 11) is 0. The molecular weight excluding hydrogens is 320 g/mol. The van der Waals surface area contributed by atoms with Gasteiger partial charge in [-0.1, -0.05) is 55.0 Å². The van der Waals surface area contributed by atoms with Gasteiger partial charge in [0.1, 0.15) is 6.23 Å². The SMILES string of the molecule is CCc1ccccc1-n1ccc([C@H]2OCCN2Cc2ccc(C)cc2)c1. The third-order valence-electron chi connectivity index (χ3n) is 5.14. The van der Waals surface area contributed by atoms with Crippen LogP contribution in [-0.4, -0.2) is 22.6 Å². The lowest BCUT2D eigenvalue weighted by Crippen LogP contribution is -2.23. The molecule has 1 aliphatic heterocycles. The molecule has 0 bridgehead atoms. The summed E-state index contributed by atoms with van der Waals surface area (Å²) in [5.74, 6) is 0.